The van der Waals surface area contributed by atoms with Crippen LogP contribution in [0.4, 0.5) is 0 Å². The molecule has 4 aromatic rings. The predicted octanol–water partition coefficient (Wildman–Crippen LogP) is 6.96. The van der Waals surface area contributed by atoms with Crippen LogP contribution in [0.5, 0.6) is 0 Å². The molecule has 0 fully saturated rings. The molecular formula is C24H22. The predicted molar refractivity (Wildman–Crippen MR) is 106 cm³/mol. The number of hydrogen-bond acceptors (Lipinski definition) is 0. The van der Waals surface area contributed by atoms with Gasteiger partial charge in [0.05, 0.1) is 0 Å². The van der Waals surface area contributed by atoms with E-state index in [1.807, 2.05) is 0 Å². The van der Waals surface area contributed by atoms with Gasteiger partial charge in [-0.15, -0.1) is 0 Å². The van der Waals surface area contributed by atoms with Crippen molar-refractivity contribution in [3.05, 3.63) is 84.4 Å². The smallest absolute Gasteiger partial charge is 0.00677 e. The van der Waals surface area contributed by atoms with Crippen LogP contribution < -0.4 is 0 Å². The van der Waals surface area contributed by atoms with Crippen molar-refractivity contribution < 1.29 is 0 Å². The van der Waals surface area contributed by atoms with E-state index in [1.54, 1.807) is 0 Å². The molecule has 0 aliphatic carbocycles. The highest BCUT2D eigenvalue weighted by atomic mass is 14.2. The Morgan fingerprint density at radius 3 is 1.88 bits per heavy atom. The lowest BCUT2D eigenvalue weighted by Gasteiger charge is -2.25. The van der Waals surface area contributed by atoms with Gasteiger partial charge in [0.25, 0.3) is 0 Å². The normalized spacial score (nSPS) is 12.0. The molecule has 0 saturated carbocycles. The fourth-order valence-electron chi connectivity index (χ4n) is 3.55. The number of rotatable bonds is 1. The summed E-state index contributed by atoms with van der Waals surface area (Å²) in [5, 5.41) is 5.24. The standard InChI is InChI=1S/C24H22/c1-24(2,3)22-14-13-20-15-18-11-7-8-12-19(18)16-21(20)23(22)17-9-5-4-6-10-17/h4-16H,1-3H3. The van der Waals surface area contributed by atoms with Gasteiger partial charge in [-0.25, -0.2) is 0 Å². The molecule has 118 valence electrons. The second kappa shape index (κ2) is 5.49. The van der Waals surface area contributed by atoms with Crippen LogP contribution in [0, 0.1) is 0 Å². The summed E-state index contributed by atoms with van der Waals surface area (Å²) >= 11 is 0. The third-order valence-corrected chi connectivity index (χ3v) is 4.76. The van der Waals surface area contributed by atoms with Gasteiger partial charge in [-0.3, -0.25) is 0 Å². The number of hydrogen-bond donors (Lipinski definition) is 0. The van der Waals surface area contributed by atoms with Gasteiger partial charge in [0, 0.05) is 0 Å². The molecule has 0 N–H and O–H groups in total. The maximum Gasteiger partial charge on any atom is -0.00677 e. The molecule has 0 atom stereocenters. The van der Waals surface area contributed by atoms with E-state index in [2.05, 4.69) is 99.6 Å². The Morgan fingerprint density at radius 2 is 1.21 bits per heavy atom. The van der Waals surface area contributed by atoms with E-state index in [1.165, 1.54) is 38.2 Å². The van der Waals surface area contributed by atoms with Crippen LogP contribution in [0.1, 0.15) is 26.3 Å². The fraction of sp³-hybridized carbons (Fsp3) is 0.167. The van der Waals surface area contributed by atoms with E-state index < -0.39 is 0 Å². The Kier molecular flexibility index (Phi) is 3.42. The zero-order valence-electron chi connectivity index (χ0n) is 14.5. The van der Waals surface area contributed by atoms with Crippen LogP contribution in [0.15, 0.2) is 78.9 Å². The van der Waals surface area contributed by atoms with Crippen molar-refractivity contribution >= 4 is 21.5 Å². The lowest BCUT2D eigenvalue weighted by Crippen LogP contribution is -2.13. The highest BCUT2D eigenvalue weighted by Crippen LogP contribution is 2.39. The summed E-state index contributed by atoms with van der Waals surface area (Å²) in [4.78, 5) is 0. The molecule has 0 saturated heterocycles. The Morgan fingerprint density at radius 1 is 0.583 bits per heavy atom. The van der Waals surface area contributed by atoms with Gasteiger partial charge in [0.2, 0.25) is 0 Å². The Hall–Kier alpha value is -2.60. The Balaban J connectivity index is 2.16. The van der Waals surface area contributed by atoms with Crippen molar-refractivity contribution in [2.24, 2.45) is 0 Å². The molecule has 0 radical (unpaired) electrons. The van der Waals surface area contributed by atoms with Crippen molar-refractivity contribution in [2.45, 2.75) is 26.2 Å². The van der Waals surface area contributed by atoms with Crippen LogP contribution >= 0.6 is 0 Å². The van der Waals surface area contributed by atoms with Crippen molar-refractivity contribution in [2.75, 3.05) is 0 Å². The van der Waals surface area contributed by atoms with E-state index in [0.717, 1.165) is 0 Å². The van der Waals surface area contributed by atoms with Crippen LogP contribution in [0.2, 0.25) is 0 Å². The molecule has 0 heteroatoms. The molecule has 0 nitrogen and oxygen atoms in total. The lowest BCUT2D eigenvalue weighted by molar-refractivity contribution is 0.593. The summed E-state index contributed by atoms with van der Waals surface area (Å²) < 4.78 is 0. The molecule has 0 spiro atoms. The van der Waals surface area contributed by atoms with Crippen molar-refractivity contribution in [1.29, 1.82) is 0 Å². The molecule has 0 aromatic heterocycles. The lowest BCUT2D eigenvalue weighted by atomic mass is 9.79. The first-order chi connectivity index (χ1) is 11.5. The van der Waals surface area contributed by atoms with E-state index in [4.69, 9.17) is 0 Å². The fourth-order valence-corrected chi connectivity index (χ4v) is 3.55. The minimum Gasteiger partial charge on any atom is -0.0622 e. The average molecular weight is 310 g/mol. The van der Waals surface area contributed by atoms with Crippen molar-refractivity contribution in [3.63, 3.8) is 0 Å². The second-order valence-electron chi connectivity index (χ2n) is 7.52. The first kappa shape index (κ1) is 15.0. The SMILES string of the molecule is CC(C)(C)c1ccc2cc3ccccc3cc2c1-c1ccccc1. The highest BCUT2D eigenvalue weighted by Gasteiger charge is 2.20. The van der Waals surface area contributed by atoms with E-state index >= 15 is 0 Å². The molecule has 0 aliphatic rings. The molecule has 0 unspecified atom stereocenters. The number of fused-ring (bicyclic) bond motifs is 2. The summed E-state index contributed by atoms with van der Waals surface area (Å²) in [6.45, 7) is 6.88. The molecule has 4 rings (SSSR count). The molecular weight excluding hydrogens is 288 g/mol. The first-order valence-corrected chi connectivity index (χ1v) is 8.55. The van der Waals surface area contributed by atoms with Gasteiger partial charge in [-0.1, -0.05) is 87.5 Å². The second-order valence-corrected chi connectivity index (χ2v) is 7.52. The third kappa shape index (κ3) is 2.49. The molecule has 24 heavy (non-hydrogen) atoms. The van der Waals surface area contributed by atoms with Gasteiger partial charge in [0.15, 0.2) is 0 Å². The maximum absolute atomic E-state index is 2.35. The summed E-state index contributed by atoms with van der Waals surface area (Å²) in [7, 11) is 0. The minimum absolute atomic E-state index is 0.102. The number of benzene rings is 4. The molecule has 0 aliphatic heterocycles. The topological polar surface area (TPSA) is 0 Å². The summed E-state index contributed by atoms with van der Waals surface area (Å²) in [6.07, 6.45) is 0. The maximum atomic E-state index is 2.35. The monoisotopic (exact) mass is 310 g/mol. The Bertz CT molecular complexity index is 1020. The van der Waals surface area contributed by atoms with Crippen molar-refractivity contribution in [3.8, 4) is 11.1 Å². The summed E-state index contributed by atoms with van der Waals surface area (Å²) in [5.41, 5.74) is 4.16. The van der Waals surface area contributed by atoms with Gasteiger partial charge >= 0.3 is 0 Å². The van der Waals surface area contributed by atoms with E-state index in [-0.39, 0.29) is 5.41 Å². The quantitative estimate of drug-likeness (QED) is 0.333. The van der Waals surface area contributed by atoms with Crippen LogP contribution in [0.25, 0.3) is 32.7 Å². The summed E-state index contributed by atoms with van der Waals surface area (Å²) in [5.74, 6) is 0. The molecule has 0 amide bonds. The minimum atomic E-state index is 0.102. The van der Waals surface area contributed by atoms with Crippen LogP contribution in [0.3, 0.4) is 0 Å². The van der Waals surface area contributed by atoms with Gasteiger partial charge in [-0.2, -0.15) is 0 Å². The highest BCUT2D eigenvalue weighted by molar-refractivity contribution is 6.06. The molecule has 4 aromatic carbocycles. The molecule has 0 bridgehead atoms. The summed E-state index contributed by atoms with van der Waals surface area (Å²) in [6, 6.07) is 28.6. The van der Waals surface area contributed by atoms with E-state index in [0.29, 0.717) is 0 Å². The van der Waals surface area contributed by atoms with Gasteiger partial charge < -0.3 is 0 Å². The zero-order valence-corrected chi connectivity index (χ0v) is 14.5. The molecule has 0 heterocycles. The first-order valence-electron chi connectivity index (χ1n) is 8.55. The van der Waals surface area contributed by atoms with Crippen molar-refractivity contribution in [1.82, 2.24) is 0 Å². The van der Waals surface area contributed by atoms with Gasteiger partial charge in [-0.05, 0) is 55.8 Å². The zero-order chi connectivity index (χ0) is 16.7. The van der Waals surface area contributed by atoms with Gasteiger partial charge in [0.1, 0.15) is 0 Å². The largest absolute Gasteiger partial charge is 0.0622 e. The van der Waals surface area contributed by atoms with Crippen LogP contribution in [-0.4, -0.2) is 0 Å². The van der Waals surface area contributed by atoms with E-state index in [9.17, 15) is 0 Å². The Labute approximate surface area is 143 Å². The third-order valence-electron chi connectivity index (χ3n) is 4.76. The average Bonchev–Trinajstić information content (AvgIpc) is 2.59. The van der Waals surface area contributed by atoms with Crippen LogP contribution in [-0.2, 0) is 5.41 Å².